The molecule has 0 saturated heterocycles. The fourth-order valence-electron chi connectivity index (χ4n) is 1.50. The Hall–Kier alpha value is -0.410. The lowest BCUT2D eigenvalue weighted by Gasteiger charge is -2.30. The molecule has 0 bridgehead atoms. The number of unbranched alkanes of at least 4 members (excludes halogenated alkanes) is 6. The van der Waals surface area contributed by atoms with Crippen LogP contribution in [0.25, 0.3) is 0 Å². The highest BCUT2D eigenvalue weighted by Gasteiger charge is 2.14. The number of nitrogens with zero attached hydrogens (tertiary/aromatic N) is 1. The van der Waals surface area contributed by atoms with Crippen molar-refractivity contribution >= 4 is 5.91 Å². The Morgan fingerprint density at radius 1 is 1.00 bits per heavy atom. The predicted octanol–water partition coefficient (Wildman–Crippen LogP) is 3.23. The van der Waals surface area contributed by atoms with Crippen LogP contribution >= 0.6 is 0 Å². The molecule has 3 heteroatoms. The molecule has 0 aromatic rings. The van der Waals surface area contributed by atoms with Crippen LogP contribution < -0.4 is 0 Å². The lowest BCUT2D eigenvalue weighted by molar-refractivity contribution is -0.760. The zero-order chi connectivity index (χ0) is 11.7. The molecule has 0 heterocycles. The zero-order valence-corrected chi connectivity index (χ0v) is 10.4. The van der Waals surface area contributed by atoms with E-state index < -0.39 is 4.65 Å². The topological polar surface area (TPSA) is 40.1 Å². The molecule has 0 atom stereocenters. The van der Waals surface area contributed by atoms with Crippen LogP contribution in [0.3, 0.4) is 0 Å². The van der Waals surface area contributed by atoms with Crippen LogP contribution in [-0.2, 0) is 4.79 Å². The van der Waals surface area contributed by atoms with E-state index in [1.165, 1.54) is 46.2 Å². The summed E-state index contributed by atoms with van der Waals surface area (Å²) in [6.45, 7) is 2.20. The number of hydrogen-bond donors (Lipinski definition) is 0. The van der Waals surface area contributed by atoms with Crippen LogP contribution in [0.2, 0.25) is 0 Å². The summed E-state index contributed by atoms with van der Waals surface area (Å²) in [7, 11) is 2.78. The molecular weight excluding hydrogens is 190 g/mol. The van der Waals surface area contributed by atoms with Gasteiger partial charge in [0.15, 0.2) is 0 Å². The van der Waals surface area contributed by atoms with Gasteiger partial charge >= 0.3 is 5.91 Å². The lowest BCUT2D eigenvalue weighted by atomic mass is 10.1. The van der Waals surface area contributed by atoms with Crippen LogP contribution in [-0.4, -0.2) is 24.6 Å². The average Bonchev–Trinajstić information content (AvgIpc) is 2.14. The summed E-state index contributed by atoms with van der Waals surface area (Å²) in [6.07, 6.45) is 8.71. The predicted molar refractivity (Wildman–Crippen MR) is 63.1 cm³/mol. The summed E-state index contributed by atoms with van der Waals surface area (Å²) >= 11 is 0. The molecule has 0 aliphatic carbocycles. The molecule has 0 aromatic carbocycles. The number of hydroxylamine groups is 3. The first-order valence-corrected chi connectivity index (χ1v) is 6.07. The molecule has 15 heavy (non-hydrogen) atoms. The van der Waals surface area contributed by atoms with Crippen molar-refractivity contribution in [2.45, 2.75) is 58.3 Å². The average molecular weight is 215 g/mol. The van der Waals surface area contributed by atoms with E-state index in [4.69, 9.17) is 0 Å². The highest BCUT2D eigenvalue weighted by Crippen LogP contribution is 2.10. The maximum Gasteiger partial charge on any atom is 0.313 e. The van der Waals surface area contributed by atoms with Crippen molar-refractivity contribution in [3.63, 3.8) is 0 Å². The Balaban J connectivity index is 3.28. The molecule has 0 aliphatic heterocycles. The van der Waals surface area contributed by atoms with Crippen LogP contribution in [0.15, 0.2) is 0 Å². The molecule has 0 aliphatic rings. The molecule has 3 nitrogen and oxygen atoms in total. The lowest BCUT2D eigenvalue weighted by Crippen LogP contribution is -2.39. The van der Waals surface area contributed by atoms with Crippen molar-refractivity contribution in [2.75, 3.05) is 14.1 Å². The number of carbonyl (C=O) groups is 1. The molecule has 0 radical (unpaired) electrons. The zero-order valence-electron chi connectivity index (χ0n) is 10.4. The van der Waals surface area contributed by atoms with E-state index in [-0.39, 0.29) is 5.91 Å². The highest BCUT2D eigenvalue weighted by atomic mass is 16.6. The number of carbonyl (C=O) groups excluding carboxylic acids is 1. The van der Waals surface area contributed by atoms with Gasteiger partial charge in [-0.05, 0) is 6.42 Å². The largest absolute Gasteiger partial charge is 0.626 e. The Labute approximate surface area is 93.6 Å². The van der Waals surface area contributed by atoms with E-state index in [1.807, 2.05) is 0 Å². The van der Waals surface area contributed by atoms with Gasteiger partial charge in [-0.15, -0.1) is 0 Å². The van der Waals surface area contributed by atoms with Crippen LogP contribution in [0.4, 0.5) is 0 Å². The second kappa shape index (κ2) is 7.83. The maximum absolute atomic E-state index is 11.3. The van der Waals surface area contributed by atoms with Gasteiger partial charge in [-0.25, -0.2) is 4.79 Å². The Morgan fingerprint density at radius 3 is 1.93 bits per heavy atom. The van der Waals surface area contributed by atoms with Crippen LogP contribution in [0, 0.1) is 5.21 Å². The SMILES string of the molecule is CCCCCCCCCC(=O)[N+](C)(C)[O-]. The molecule has 0 unspecified atom stereocenters. The molecule has 1 amide bonds. The maximum atomic E-state index is 11.3. The fraction of sp³-hybridized carbons (Fsp3) is 0.917. The van der Waals surface area contributed by atoms with Crippen LogP contribution in [0.1, 0.15) is 58.3 Å². The second-order valence-electron chi connectivity index (χ2n) is 4.62. The number of amides is 1. The molecule has 0 spiro atoms. The molecule has 0 N–H and O–H groups in total. The van der Waals surface area contributed by atoms with Crippen LogP contribution in [0.5, 0.6) is 0 Å². The summed E-state index contributed by atoms with van der Waals surface area (Å²) < 4.78 is -0.782. The van der Waals surface area contributed by atoms with Crippen molar-refractivity contribution in [1.82, 2.24) is 0 Å². The van der Waals surface area contributed by atoms with Gasteiger partial charge in [-0.1, -0.05) is 45.4 Å². The third kappa shape index (κ3) is 8.58. The second-order valence-corrected chi connectivity index (χ2v) is 4.62. The van der Waals surface area contributed by atoms with E-state index in [0.717, 1.165) is 12.8 Å². The third-order valence-corrected chi connectivity index (χ3v) is 2.59. The molecule has 0 aromatic heterocycles. The first kappa shape index (κ1) is 14.6. The van der Waals surface area contributed by atoms with E-state index in [0.29, 0.717) is 6.42 Å². The Morgan fingerprint density at radius 2 is 1.47 bits per heavy atom. The summed E-state index contributed by atoms with van der Waals surface area (Å²) in [6, 6.07) is 0. The summed E-state index contributed by atoms with van der Waals surface area (Å²) in [5, 5.41) is 11.2. The van der Waals surface area contributed by atoms with Crippen molar-refractivity contribution in [3.8, 4) is 0 Å². The minimum atomic E-state index is -0.782. The van der Waals surface area contributed by atoms with E-state index in [9.17, 15) is 10.0 Å². The molecule has 0 rings (SSSR count). The van der Waals surface area contributed by atoms with Gasteiger partial charge in [0.25, 0.3) is 0 Å². The smallest absolute Gasteiger partial charge is 0.313 e. The highest BCUT2D eigenvalue weighted by molar-refractivity contribution is 5.68. The molecule has 0 fully saturated rings. The molecular formula is C12H25NO2. The fourth-order valence-corrected chi connectivity index (χ4v) is 1.50. The first-order valence-electron chi connectivity index (χ1n) is 6.07. The number of quaternary nitrogens is 1. The normalized spacial score (nSPS) is 11.7. The standard InChI is InChI=1S/C12H25NO2/c1-4-5-6-7-8-9-10-11-12(14)13(2,3)15/h4-11H2,1-3H3. The van der Waals surface area contributed by atoms with Gasteiger partial charge in [-0.2, -0.15) is 0 Å². The van der Waals surface area contributed by atoms with Crippen molar-refractivity contribution in [3.05, 3.63) is 5.21 Å². The van der Waals surface area contributed by atoms with Gasteiger partial charge in [0, 0.05) is 0 Å². The van der Waals surface area contributed by atoms with E-state index >= 15 is 0 Å². The minimum Gasteiger partial charge on any atom is -0.626 e. The van der Waals surface area contributed by atoms with E-state index in [2.05, 4.69) is 6.92 Å². The third-order valence-electron chi connectivity index (χ3n) is 2.59. The molecule has 0 saturated carbocycles. The van der Waals surface area contributed by atoms with Crippen molar-refractivity contribution in [1.29, 1.82) is 0 Å². The van der Waals surface area contributed by atoms with Gasteiger partial charge in [-0.3, -0.25) is 0 Å². The monoisotopic (exact) mass is 215 g/mol. The Kier molecular flexibility index (Phi) is 7.61. The van der Waals surface area contributed by atoms with Gasteiger partial charge in [0.05, 0.1) is 20.5 Å². The minimum absolute atomic E-state index is 0.205. The van der Waals surface area contributed by atoms with Crippen molar-refractivity contribution in [2.24, 2.45) is 0 Å². The van der Waals surface area contributed by atoms with Gasteiger partial charge in [0.2, 0.25) is 0 Å². The Bertz CT molecular complexity index is 173. The first-order chi connectivity index (χ1) is 6.98. The number of rotatable bonds is 8. The summed E-state index contributed by atoms with van der Waals surface area (Å²) in [5.41, 5.74) is 0. The van der Waals surface area contributed by atoms with Gasteiger partial charge < -0.3 is 9.85 Å². The van der Waals surface area contributed by atoms with Crippen molar-refractivity contribution < 1.29 is 9.44 Å². The van der Waals surface area contributed by atoms with Gasteiger partial charge in [0.1, 0.15) is 0 Å². The molecule has 90 valence electrons. The summed E-state index contributed by atoms with van der Waals surface area (Å²) in [5.74, 6) is -0.205. The van der Waals surface area contributed by atoms with E-state index in [1.54, 1.807) is 0 Å². The summed E-state index contributed by atoms with van der Waals surface area (Å²) in [4.78, 5) is 11.3. The number of hydrogen-bond acceptors (Lipinski definition) is 2. The quantitative estimate of drug-likeness (QED) is 0.354.